The van der Waals surface area contributed by atoms with Crippen molar-refractivity contribution in [3.8, 4) is 0 Å². The molecular weight excluding hydrogens is 230 g/mol. The summed E-state index contributed by atoms with van der Waals surface area (Å²) < 4.78 is 25.2. The highest BCUT2D eigenvalue weighted by Crippen LogP contribution is 2.23. The molecule has 1 atom stereocenters. The molecule has 1 saturated heterocycles. The van der Waals surface area contributed by atoms with E-state index in [1.54, 1.807) is 0 Å². The molecule has 94 valence electrons. The fraction of sp³-hybridized carbons (Fsp3) is 0.900. The first-order valence-corrected chi connectivity index (χ1v) is 7.29. The summed E-state index contributed by atoms with van der Waals surface area (Å²) in [6.07, 6.45) is 2.89. The van der Waals surface area contributed by atoms with E-state index in [-0.39, 0.29) is 18.2 Å². The topological polar surface area (TPSA) is 74.7 Å². The molecule has 0 spiro atoms. The Balaban J connectivity index is 2.77. The van der Waals surface area contributed by atoms with Gasteiger partial charge in [0, 0.05) is 12.6 Å². The van der Waals surface area contributed by atoms with Crippen LogP contribution >= 0.6 is 0 Å². The van der Waals surface area contributed by atoms with Crippen molar-refractivity contribution in [2.24, 2.45) is 0 Å². The number of carbonyl (C=O) groups is 1. The maximum Gasteiger partial charge on any atom is 0.304 e. The first-order valence-electron chi connectivity index (χ1n) is 5.68. The molecule has 5 nitrogen and oxygen atoms in total. The maximum absolute atomic E-state index is 11.9. The van der Waals surface area contributed by atoms with E-state index in [2.05, 4.69) is 0 Å². The molecule has 6 heteroatoms. The van der Waals surface area contributed by atoms with E-state index < -0.39 is 16.0 Å². The largest absolute Gasteiger partial charge is 0.481 e. The molecule has 0 bridgehead atoms. The molecule has 0 saturated carbocycles. The lowest BCUT2D eigenvalue weighted by atomic mass is 10.0. The van der Waals surface area contributed by atoms with Crippen LogP contribution in [0.15, 0.2) is 0 Å². The van der Waals surface area contributed by atoms with Gasteiger partial charge in [-0.05, 0) is 19.3 Å². The number of aliphatic carboxylic acids is 1. The highest BCUT2D eigenvalue weighted by Gasteiger charge is 2.32. The van der Waals surface area contributed by atoms with Crippen molar-refractivity contribution in [1.82, 2.24) is 4.31 Å². The zero-order valence-electron chi connectivity index (χ0n) is 9.55. The predicted octanol–water partition coefficient (Wildman–Crippen LogP) is 1.06. The Morgan fingerprint density at radius 2 is 2.12 bits per heavy atom. The Morgan fingerprint density at radius 1 is 1.44 bits per heavy atom. The summed E-state index contributed by atoms with van der Waals surface area (Å²) in [5.41, 5.74) is 0. The van der Waals surface area contributed by atoms with Gasteiger partial charge in [-0.1, -0.05) is 13.3 Å². The summed E-state index contributed by atoms with van der Waals surface area (Å²) in [6.45, 7) is 2.29. The van der Waals surface area contributed by atoms with Gasteiger partial charge in [0.05, 0.1) is 12.2 Å². The Labute approximate surface area is 96.5 Å². The van der Waals surface area contributed by atoms with E-state index in [1.165, 1.54) is 4.31 Å². The molecule has 0 aliphatic carbocycles. The highest BCUT2D eigenvalue weighted by atomic mass is 32.2. The van der Waals surface area contributed by atoms with Gasteiger partial charge in [0.25, 0.3) is 0 Å². The van der Waals surface area contributed by atoms with Crippen LogP contribution in [0, 0.1) is 0 Å². The molecule has 1 heterocycles. The second-order valence-electron chi connectivity index (χ2n) is 4.17. The fourth-order valence-corrected chi connectivity index (χ4v) is 3.91. The van der Waals surface area contributed by atoms with E-state index in [1.807, 2.05) is 6.92 Å². The molecular formula is C10H19NO4S. The van der Waals surface area contributed by atoms with Gasteiger partial charge in [0.2, 0.25) is 10.0 Å². The number of rotatable bonds is 5. The third-order valence-electron chi connectivity index (χ3n) is 2.80. The lowest BCUT2D eigenvalue weighted by Gasteiger charge is -2.33. The lowest BCUT2D eigenvalue weighted by molar-refractivity contribution is -0.138. The van der Waals surface area contributed by atoms with Crippen molar-refractivity contribution in [2.75, 3.05) is 12.3 Å². The van der Waals surface area contributed by atoms with Crippen LogP contribution in [0.25, 0.3) is 0 Å². The smallest absolute Gasteiger partial charge is 0.304 e. The van der Waals surface area contributed by atoms with Gasteiger partial charge in [-0.2, -0.15) is 4.31 Å². The molecule has 1 aliphatic rings. The summed E-state index contributed by atoms with van der Waals surface area (Å²) in [5.74, 6) is -0.813. The molecule has 1 aliphatic heterocycles. The van der Waals surface area contributed by atoms with Gasteiger partial charge in [0.1, 0.15) is 0 Å². The normalized spacial score (nSPS) is 23.2. The highest BCUT2D eigenvalue weighted by molar-refractivity contribution is 7.89. The van der Waals surface area contributed by atoms with Crippen molar-refractivity contribution in [3.05, 3.63) is 0 Å². The van der Waals surface area contributed by atoms with Crippen LogP contribution in [0.1, 0.15) is 39.0 Å². The van der Waals surface area contributed by atoms with Crippen LogP contribution in [0.2, 0.25) is 0 Å². The van der Waals surface area contributed by atoms with Crippen molar-refractivity contribution < 1.29 is 18.3 Å². The monoisotopic (exact) mass is 249 g/mol. The average molecular weight is 249 g/mol. The van der Waals surface area contributed by atoms with Crippen LogP contribution in [-0.4, -0.2) is 42.1 Å². The minimum atomic E-state index is -3.26. The van der Waals surface area contributed by atoms with Gasteiger partial charge in [-0.25, -0.2) is 8.42 Å². The Morgan fingerprint density at radius 3 is 2.69 bits per heavy atom. The molecule has 1 N–H and O–H groups in total. The van der Waals surface area contributed by atoms with Crippen molar-refractivity contribution >= 4 is 16.0 Å². The summed E-state index contributed by atoms with van der Waals surface area (Å²) in [4.78, 5) is 10.7. The van der Waals surface area contributed by atoms with E-state index >= 15 is 0 Å². The molecule has 1 rings (SSSR count). The lowest BCUT2D eigenvalue weighted by Crippen LogP contribution is -2.45. The van der Waals surface area contributed by atoms with Crippen LogP contribution in [0.4, 0.5) is 0 Å². The number of carboxylic acid groups (broad SMARTS) is 1. The molecule has 0 aromatic rings. The minimum Gasteiger partial charge on any atom is -0.481 e. The zero-order chi connectivity index (χ0) is 12.2. The van der Waals surface area contributed by atoms with Gasteiger partial charge in [-0.3, -0.25) is 4.79 Å². The first kappa shape index (κ1) is 13.4. The number of carboxylic acids is 1. The van der Waals surface area contributed by atoms with Crippen LogP contribution in [0.5, 0.6) is 0 Å². The van der Waals surface area contributed by atoms with Crippen molar-refractivity contribution in [1.29, 1.82) is 0 Å². The maximum atomic E-state index is 11.9. The standard InChI is InChI=1S/C10H19NO4S/c1-2-7-16(14,15)11-6-4-3-5-9(11)8-10(12)13/h9H,2-8H2,1H3,(H,12,13). The summed E-state index contributed by atoms with van der Waals surface area (Å²) >= 11 is 0. The van der Waals surface area contributed by atoms with Gasteiger partial charge < -0.3 is 5.11 Å². The fourth-order valence-electron chi connectivity index (χ4n) is 2.12. The second-order valence-corrected chi connectivity index (χ2v) is 6.22. The Kier molecular flexibility index (Phi) is 4.73. The molecule has 0 radical (unpaired) electrons. The number of piperidine rings is 1. The predicted molar refractivity (Wildman–Crippen MR) is 60.7 cm³/mol. The molecule has 1 fully saturated rings. The van der Waals surface area contributed by atoms with Crippen LogP contribution in [-0.2, 0) is 14.8 Å². The van der Waals surface area contributed by atoms with Gasteiger partial charge >= 0.3 is 5.97 Å². The van der Waals surface area contributed by atoms with E-state index in [0.717, 1.165) is 12.8 Å². The Hall–Kier alpha value is -0.620. The minimum absolute atomic E-state index is 0.0804. The zero-order valence-corrected chi connectivity index (χ0v) is 10.4. The number of sulfonamides is 1. The van der Waals surface area contributed by atoms with Crippen molar-refractivity contribution in [2.45, 2.75) is 45.1 Å². The summed E-state index contributed by atoms with van der Waals surface area (Å²) in [5, 5.41) is 8.76. The third kappa shape index (κ3) is 3.45. The molecule has 1 unspecified atom stereocenters. The molecule has 0 aromatic carbocycles. The van der Waals surface area contributed by atoms with E-state index in [4.69, 9.17) is 5.11 Å². The number of hydrogen-bond donors (Lipinski definition) is 1. The van der Waals surface area contributed by atoms with Crippen LogP contribution < -0.4 is 0 Å². The third-order valence-corrected chi connectivity index (χ3v) is 4.92. The average Bonchev–Trinajstić information content (AvgIpc) is 2.17. The SMILES string of the molecule is CCCS(=O)(=O)N1CCCCC1CC(=O)O. The molecule has 0 aromatic heterocycles. The number of nitrogens with zero attached hydrogens (tertiary/aromatic N) is 1. The number of hydrogen-bond acceptors (Lipinski definition) is 3. The molecule has 16 heavy (non-hydrogen) atoms. The van der Waals surface area contributed by atoms with Gasteiger partial charge in [-0.15, -0.1) is 0 Å². The second kappa shape index (κ2) is 5.63. The quantitative estimate of drug-likeness (QED) is 0.790. The van der Waals surface area contributed by atoms with E-state index in [0.29, 0.717) is 19.4 Å². The summed E-state index contributed by atoms with van der Waals surface area (Å²) in [7, 11) is -3.26. The van der Waals surface area contributed by atoms with Crippen molar-refractivity contribution in [3.63, 3.8) is 0 Å². The molecule has 0 amide bonds. The van der Waals surface area contributed by atoms with Crippen LogP contribution in [0.3, 0.4) is 0 Å². The van der Waals surface area contributed by atoms with Gasteiger partial charge in [0.15, 0.2) is 0 Å². The summed E-state index contributed by atoms with van der Waals surface area (Å²) in [6, 6.07) is -0.345. The Bertz CT molecular complexity index is 339. The van der Waals surface area contributed by atoms with E-state index in [9.17, 15) is 13.2 Å². The first-order chi connectivity index (χ1) is 7.47.